The van der Waals surface area contributed by atoms with Crippen LogP contribution in [0.5, 0.6) is 0 Å². The summed E-state index contributed by atoms with van der Waals surface area (Å²) in [6, 6.07) is 5.97. The van der Waals surface area contributed by atoms with Crippen LogP contribution in [0.1, 0.15) is 30.5 Å². The molecule has 1 atom stereocenters. The Kier molecular flexibility index (Phi) is 4.57. The summed E-state index contributed by atoms with van der Waals surface area (Å²) in [6.07, 6.45) is 1.29. The maximum Gasteiger partial charge on any atom is 0.317 e. The van der Waals surface area contributed by atoms with Crippen molar-refractivity contribution in [3.63, 3.8) is 0 Å². The maximum atomic E-state index is 12.3. The van der Waals surface area contributed by atoms with Crippen LogP contribution in [0.25, 0.3) is 0 Å². The lowest BCUT2D eigenvalue weighted by Gasteiger charge is -2.28. The number of amides is 3. The second-order valence-electron chi connectivity index (χ2n) is 5.74. The highest BCUT2D eigenvalue weighted by molar-refractivity contribution is 7.99. The van der Waals surface area contributed by atoms with Crippen molar-refractivity contribution in [2.75, 3.05) is 29.9 Å². The summed E-state index contributed by atoms with van der Waals surface area (Å²) in [7, 11) is 0. The standard InChI is InChI=1S/C16H21N3O2S/c1-11(17-16(21)19-6-8-22-9-7-19)12-2-4-14-13(10-12)3-5-15(20)18-14/h2,4,10-11H,3,5-9H2,1H3,(H,17,21)(H,18,20)/t11-/m1/s1. The molecule has 0 radical (unpaired) electrons. The minimum atomic E-state index is -0.0370. The fourth-order valence-electron chi connectivity index (χ4n) is 2.80. The van der Waals surface area contributed by atoms with Gasteiger partial charge >= 0.3 is 6.03 Å². The van der Waals surface area contributed by atoms with Crippen LogP contribution in [0.2, 0.25) is 0 Å². The van der Waals surface area contributed by atoms with E-state index in [1.807, 2.05) is 35.7 Å². The zero-order valence-corrected chi connectivity index (χ0v) is 13.5. The number of hydrogen-bond donors (Lipinski definition) is 2. The van der Waals surface area contributed by atoms with E-state index in [1.165, 1.54) is 0 Å². The summed E-state index contributed by atoms with van der Waals surface area (Å²) >= 11 is 1.89. The molecule has 1 fully saturated rings. The summed E-state index contributed by atoms with van der Waals surface area (Å²) in [4.78, 5) is 25.5. The van der Waals surface area contributed by atoms with Crippen LogP contribution in [-0.4, -0.2) is 41.4 Å². The molecule has 2 N–H and O–H groups in total. The van der Waals surface area contributed by atoms with Crippen molar-refractivity contribution >= 4 is 29.4 Å². The number of benzene rings is 1. The van der Waals surface area contributed by atoms with E-state index in [0.717, 1.165) is 47.8 Å². The fourth-order valence-corrected chi connectivity index (χ4v) is 3.70. The van der Waals surface area contributed by atoms with E-state index < -0.39 is 0 Å². The van der Waals surface area contributed by atoms with Gasteiger partial charge in [0.25, 0.3) is 0 Å². The van der Waals surface area contributed by atoms with E-state index in [-0.39, 0.29) is 18.0 Å². The van der Waals surface area contributed by atoms with Crippen molar-refractivity contribution in [3.05, 3.63) is 29.3 Å². The van der Waals surface area contributed by atoms with Gasteiger partial charge in [-0.2, -0.15) is 11.8 Å². The minimum absolute atomic E-state index is 0.0128. The number of carbonyl (C=O) groups excluding carboxylic acids is 2. The summed E-state index contributed by atoms with van der Waals surface area (Å²) < 4.78 is 0. The first kappa shape index (κ1) is 15.2. The minimum Gasteiger partial charge on any atom is -0.331 e. The number of urea groups is 1. The van der Waals surface area contributed by atoms with Gasteiger partial charge in [0.1, 0.15) is 0 Å². The Bertz CT molecular complexity index is 585. The van der Waals surface area contributed by atoms with Gasteiger partial charge in [0.2, 0.25) is 5.91 Å². The topological polar surface area (TPSA) is 61.4 Å². The Labute approximate surface area is 134 Å². The van der Waals surface area contributed by atoms with Crippen LogP contribution in [0.15, 0.2) is 18.2 Å². The van der Waals surface area contributed by atoms with Gasteiger partial charge in [-0.25, -0.2) is 4.79 Å². The summed E-state index contributed by atoms with van der Waals surface area (Å²) in [5.41, 5.74) is 3.12. The molecule has 0 bridgehead atoms. The highest BCUT2D eigenvalue weighted by Gasteiger charge is 2.20. The van der Waals surface area contributed by atoms with Crippen LogP contribution in [0.4, 0.5) is 10.5 Å². The van der Waals surface area contributed by atoms with E-state index >= 15 is 0 Å². The highest BCUT2D eigenvalue weighted by Crippen LogP contribution is 2.26. The molecule has 1 saturated heterocycles. The molecule has 3 rings (SSSR count). The van der Waals surface area contributed by atoms with Gasteiger partial charge in [0, 0.05) is 36.7 Å². The van der Waals surface area contributed by atoms with Crippen molar-refractivity contribution in [1.82, 2.24) is 10.2 Å². The monoisotopic (exact) mass is 319 g/mol. The fraction of sp³-hybridized carbons (Fsp3) is 0.500. The molecule has 0 spiro atoms. The molecule has 2 heterocycles. The van der Waals surface area contributed by atoms with Crippen molar-refractivity contribution in [2.24, 2.45) is 0 Å². The zero-order valence-electron chi connectivity index (χ0n) is 12.7. The highest BCUT2D eigenvalue weighted by atomic mass is 32.2. The number of hydrogen-bond acceptors (Lipinski definition) is 3. The second-order valence-corrected chi connectivity index (χ2v) is 6.96. The van der Waals surface area contributed by atoms with Gasteiger partial charge in [-0.15, -0.1) is 0 Å². The molecule has 0 saturated carbocycles. The predicted molar refractivity (Wildman–Crippen MR) is 89.2 cm³/mol. The van der Waals surface area contributed by atoms with E-state index in [2.05, 4.69) is 16.7 Å². The maximum absolute atomic E-state index is 12.3. The summed E-state index contributed by atoms with van der Waals surface area (Å²) in [5, 5.41) is 5.95. The van der Waals surface area contributed by atoms with E-state index in [9.17, 15) is 9.59 Å². The molecular formula is C16H21N3O2S. The average Bonchev–Trinajstić information content (AvgIpc) is 2.55. The van der Waals surface area contributed by atoms with E-state index in [4.69, 9.17) is 0 Å². The van der Waals surface area contributed by atoms with Crippen molar-refractivity contribution in [3.8, 4) is 0 Å². The molecule has 22 heavy (non-hydrogen) atoms. The Morgan fingerprint density at radius 1 is 1.32 bits per heavy atom. The Morgan fingerprint density at radius 2 is 2.09 bits per heavy atom. The van der Waals surface area contributed by atoms with Crippen LogP contribution >= 0.6 is 11.8 Å². The van der Waals surface area contributed by atoms with Gasteiger partial charge in [-0.3, -0.25) is 4.79 Å². The van der Waals surface area contributed by atoms with Crippen molar-refractivity contribution in [2.45, 2.75) is 25.8 Å². The molecule has 3 amide bonds. The first-order chi connectivity index (χ1) is 10.6. The predicted octanol–water partition coefficient (Wildman–Crippen LogP) is 2.39. The number of rotatable bonds is 2. The van der Waals surface area contributed by atoms with Crippen LogP contribution in [0, 0.1) is 0 Å². The lowest BCUT2D eigenvalue weighted by atomic mass is 9.98. The quantitative estimate of drug-likeness (QED) is 0.880. The van der Waals surface area contributed by atoms with E-state index in [1.54, 1.807) is 0 Å². The molecule has 6 heteroatoms. The smallest absolute Gasteiger partial charge is 0.317 e. The number of fused-ring (bicyclic) bond motifs is 1. The molecular weight excluding hydrogens is 298 g/mol. The lowest BCUT2D eigenvalue weighted by molar-refractivity contribution is -0.116. The van der Waals surface area contributed by atoms with Crippen LogP contribution in [0.3, 0.4) is 0 Å². The molecule has 1 aromatic carbocycles. The molecule has 5 nitrogen and oxygen atoms in total. The Balaban J connectivity index is 1.65. The summed E-state index contributed by atoms with van der Waals surface area (Å²) in [6.45, 7) is 3.64. The van der Waals surface area contributed by atoms with Crippen molar-refractivity contribution in [1.29, 1.82) is 0 Å². The van der Waals surface area contributed by atoms with Crippen LogP contribution in [-0.2, 0) is 11.2 Å². The molecule has 1 aromatic rings. The van der Waals surface area contributed by atoms with Gasteiger partial charge in [-0.1, -0.05) is 12.1 Å². The Morgan fingerprint density at radius 3 is 2.86 bits per heavy atom. The van der Waals surface area contributed by atoms with Gasteiger partial charge < -0.3 is 15.5 Å². The third kappa shape index (κ3) is 3.38. The number of anilines is 1. The zero-order chi connectivity index (χ0) is 15.5. The van der Waals surface area contributed by atoms with Gasteiger partial charge in [0.05, 0.1) is 6.04 Å². The third-order valence-electron chi connectivity index (χ3n) is 4.16. The average molecular weight is 319 g/mol. The number of nitrogens with one attached hydrogen (secondary N) is 2. The SMILES string of the molecule is C[C@@H](NC(=O)N1CCSCC1)c1ccc2c(c1)CCC(=O)N2. The number of carbonyl (C=O) groups is 2. The lowest BCUT2D eigenvalue weighted by Crippen LogP contribution is -2.45. The molecule has 0 aliphatic carbocycles. The van der Waals surface area contributed by atoms with E-state index in [0.29, 0.717) is 6.42 Å². The van der Waals surface area contributed by atoms with Gasteiger partial charge in [-0.05, 0) is 30.5 Å². The van der Waals surface area contributed by atoms with Gasteiger partial charge in [0.15, 0.2) is 0 Å². The molecule has 2 aliphatic rings. The molecule has 0 unspecified atom stereocenters. The Hall–Kier alpha value is -1.69. The number of nitrogens with zero attached hydrogens (tertiary/aromatic N) is 1. The molecule has 118 valence electrons. The third-order valence-corrected chi connectivity index (χ3v) is 5.11. The molecule has 0 aromatic heterocycles. The first-order valence-electron chi connectivity index (χ1n) is 7.69. The van der Waals surface area contributed by atoms with Crippen LogP contribution < -0.4 is 10.6 Å². The number of thioether (sulfide) groups is 1. The van der Waals surface area contributed by atoms with Crippen molar-refractivity contribution < 1.29 is 9.59 Å². The first-order valence-corrected chi connectivity index (χ1v) is 8.85. The largest absolute Gasteiger partial charge is 0.331 e. The summed E-state index contributed by atoms with van der Waals surface area (Å²) in [5.74, 6) is 2.10. The normalized spacial score (nSPS) is 19.1. The number of aryl methyl sites for hydroxylation is 1. The second kappa shape index (κ2) is 6.60. The molecule has 2 aliphatic heterocycles.